The van der Waals surface area contributed by atoms with Gasteiger partial charge in [-0.3, -0.25) is 4.90 Å². The van der Waals surface area contributed by atoms with Crippen LogP contribution in [0.2, 0.25) is 0 Å². The molecule has 2 heterocycles. The fourth-order valence-corrected chi connectivity index (χ4v) is 4.33. The predicted octanol–water partition coefficient (Wildman–Crippen LogP) is 3.69. The molecule has 4 rings (SSSR count). The van der Waals surface area contributed by atoms with Crippen LogP contribution in [0.15, 0.2) is 16.7 Å². The maximum absolute atomic E-state index is 5.72. The maximum atomic E-state index is 5.72. The van der Waals surface area contributed by atoms with Crippen LogP contribution in [-0.2, 0) is 13.1 Å². The van der Waals surface area contributed by atoms with E-state index < -0.39 is 0 Å². The standard InChI is InChI=1S/C18H28N2O/c1-2-5-14(4-1)17-6-3-10-20(17)13-15-9-11-21-18(15)12-19-16-7-8-16/h9,11,14,16-17,19H,1-8,10,12-13H2. The number of hydrogen-bond donors (Lipinski definition) is 1. The van der Waals surface area contributed by atoms with E-state index >= 15 is 0 Å². The highest BCUT2D eigenvalue weighted by Crippen LogP contribution is 2.36. The molecular weight excluding hydrogens is 260 g/mol. The van der Waals surface area contributed by atoms with Gasteiger partial charge in [-0.25, -0.2) is 0 Å². The Morgan fingerprint density at radius 1 is 1.10 bits per heavy atom. The summed E-state index contributed by atoms with van der Waals surface area (Å²) in [6.45, 7) is 3.29. The van der Waals surface area contributed by atoms with Crippen LogP contribution in [0, 0.1) is 5.92 Å². The molecule has 0 radical (unpaired) electrons. The van der Waals surface area contributed by atoms with E-state index in [1.54, 1.807) is 0 Å². The highest BCUT2D eigenvalue weighted by molar-refractivity contribution is 5.17. The molecule has 1 atom stereocenters. The van der Waals surface area contributed by atoms with Crippen molar-refractivity contribution in [3.05, 3.63) is 23.7 Å². The first-order valence-electron chi connectivity index (χ1n) is 8.93. The van der Waals surface area contributed by atoms with Gasteiger partial charge in [-0.05, 0) is 57.1 Å². The number of nitrogens with one attached hydrogen (secondary N) is 1. The van der Waals surface area contributed by atoms with Gasteiger partial charge in [0.2, 0.25) is 0 Å². The molecule has 3 fully saturated rings. The highest BCUT2D eigenvalue weighted by Gasteiger charge is 2.33. The van der Waals surface area contributed by atoms with Crippen molar-refractivity contribution < 1.29 is 4.42 Å². The van der Waals surface area contributed by atoms with Crippen LogP contribution in [0.25, 0.3) is 0 Å². The summed E-state index contributed by atoms with van der Waals surface area (Å²) in [5, 5.41) is 3.58. The Morgan fingerprint density at radius 2 is 1.95 bits per heavy atom. The Bertz CT molecular complexity index is 460. The van der Waals surface area contributed by atoms with E-state index in [-0.39, 0.29) is 0 Å². The molecule has 3 heteroatoms. The van der Waals surface area contributed by atoms with E-state index in [2.05, 4.69) is 16.3 Å². The third-order valence-corrected chi connectivity index (χ3v) is 5.70. The zero-order valence-corrected chi connectivity index (χ0v) is 13.0. The average molecular weight is 288 g/mol. The van der Waals surface area contributed by atoms with Crippen molar-refractivity contribution >= 4 is 0 Å². The Kier molecular flexibility index (Phi) is 4.04. The largest absolute Gasteiger partial charge is 0.468 e. The quantitative estimate of drug-likeness (QED) is 0.865. The van der Waals surface area contributed by atoms with E-state index in [0.29, 0.717) is 0 Å². The van der Waals surface area contributed by atoms with Crippen LogP contribution in [0.1, 0.15) is 62.7 Å². The summed E-state index contributed by atoms with van der Waals surface area (Å²) in [6, 6.07) is 3.78. The summed E-state index contributed by atoms with van der Waals surface area (Å²) in [4.78, 5) is 2.74. The lowest BCUT2D eigenvalue weighted by atomic mass is 9.96. The van der Waals surface area contributed by atoms with Gasteiger partial charge in [-0.15, -0.1) is 0 Å². The van der Waals surface area contributed by atoms with Gasteiger partial charge < -0.3 is 9.73 Å². The van der Waals surface area contributed by atoms with Crippen LogP contribution in [0.5, 0.6) is 0 Å². The molecule has 1 aromatic rings. The summed E-state index contributed by atoms with van der Waals surface area (Å²) in [5.74, 6) is 2.13. The van der Waals surface area contributed by atoms with E-state index in [9.17, 15) is 0 Å². The first-order valence-corrected chi connectivity index (χ1v) is 8.93. The molecule has 3 nitrogen and oxygen atoms in total. The Balaban J connectivity index is 1.38. The Hall–Kier alpha value is -0.800. The van der Waals surface area contributed by atoms with Gasteiger partial charge >= 0.3 is 0 Å². The maximum Gasteiger partial charge on any atom is 0.122 e. The van der Waals surface area contributed by atoms with Crippen molar-refractivity contribution in [3.8, 4) is 0 Å². The zero-order valence-electron chi connectivity index (χ0n) is 13.0. The normalized spacial score (nSPS) is 27.7. The van der Waals surface area contributed by atoms with Gasteiger partial charge in [0.15, 0.2) is 0 Å². The van der Waals surface area contributed by atoms with E-state index in [1.807, 2.05) is 6.26 Å². The van der Waals surface area contributed by atoms with E-state index in [1.165, 1.54) is 69.2 Å². The Labute approximate surface area is 128 Å². The number of rotatable bonds is 6. The molecule has 0 aromatic carbocycles. The molecule has 1 unspecified atom stereocenters. The molecule has 1 aliphatic heterocycles. The molecular formula is C18H28N2O. The van der Waals surface area contributed by atoms with Crippen LogP contribution in [0.4, 0.5) is 0 Å². The molecule has 0 spiro atoms. The topological polar surface area (TPSA) is 28.4 Å². The summed E-state index contributed by atoms with van der Waals surface area (Å²) in [5.41, 5.74) is 1.41. The van der Waals surface area contributed by atoms with E-state index in [0.717, 1.165) is 31.1 Å². The third-order valence-electron chi connectivity index (χ3n) is 5.70. The average Bonchev–Trinajstić information content (AvgIpc) is 2.93. The summed E-state index contributed by atoms with van der Waals surface area (Å²) >= 11 is 0. The third kappa shape index (κ3) is 3.19. The van der Waals surface area contributed by atoms with Crippen molar-refractivity contribution in [2.75, 3.05) is 6.54 Å². The lowest BCUT2D eigenvalue weighted by Gasteiger charge is -2.29. The molecule has 3 aliphatic rings. The summed E-state index contributed by atoms with van der Waals surface area (Å²) in [7, 11) is 0. The number of hydrogen-bond acceptors (Lipinski definition) is 3. The molecule has 2 aliphatic carbocycles. The molecule has 21 heavy (non-hydrogen) atoms. The summed E-state index contributed by atoms with van der Waals surface area (Å²) in [6.07, 6.45) is 13.2. The number of furan rings is 1. The first-order chi connectivity index (χ1) is 10.4. The molecule has 1 N–H and O–H groups in total. The molecule has 0 amide bonds. The predicted molar refractivity (Wildman–Crippen MR) is 84.0 cm³/mol. The second kappa shape index (κ2) is 6.13. The SMILES string of the molecule is c1cc(CN2CCCC2C2CCCC2)c(CNC2CC2)o1. The van der Waals surface area contributed by atoms with Crippen LogP contribution in [-0.4, -0.2) is 23.5 Å². The number of nitrogens with zero attached hydrogens (tertiary/aromatic N) is 1. The molecule has 1 aromatic heterocycles. The van der Waals surface area contributed by atoms with Gasteiger partial charge in [-0.1, -0.05) is 12.8 Å². The van der Waals surface area contributed by atoms with Crippen LogP contribution in [0.3, 0.4) is 0 Å². The molecule has 1 saturated heterocycles. The molecule has 0 bridgehead atoms. The fraction of sp³-hybridized carbons (Fsp3) is 0.778. The highest BCUT2D eigenvalue weighted by atomic mass is 16.3. The number of likely N-dealkylation sites (tertiary alicyclic amines) is 1. The minimum absolute atomic E-state index is 0.751. The van der Waals surface area contributed by atoms with Crippen LogP contribution < -0.4 is 5.32 Å². The zero-order chi connectivity index (χ0) is 14.1. The minimum Gasteiger partial charge on any atom is -0.468 e. The van der Waals surface area contributed by atoms with Crippen LogP contribution >= 0.6 is 0 Å². The van der Waals surface area contributed by atoms with Gasteiger partial charge in [-0.2, -0.15) is 0 Å². The molecule has 116 valence electrons. The van der Waals surface area contributed by atoms with Crippen molar-refractivity contribution in [1.82, 2.24) is 10.2 Å². The van der Waals surface area contributed by atoms with Crippen molar-refractivity contribution in [3.63, 3.8) is 0 Å². The smallest absolute Gasteiger partial charge is 0.122 e. The second-order valence-corrected chi connectivity index (χ2v) is 7.25. The van der Waals surface area contributed by atoms with E-state index in [4.69, 9.17) is 4.42 Å². The minimum atomic E-state index is 0.751. The van der Waals surface area contributed by atoms with Gasteiger partial charge in [0.25, 0.3) is 0 Å². The lowest BCUT2D eigenvalue weighted by molar-refractivity contribution is 0.182. The fourth-order valence-electron chi connectivity index (χ4n) is 4.33. The van der Waals surface area contributed by atoms with Gasteiger partial charge in [0.05, 0.1) is 12.8 Å². The lowest BCUT2D eigenvalue weighted by Crippen LogP contribution is -2.34. The first kappa shape index (κ1) is 13.8. The Morgan fingerprint density at radius 3 is 2.76 bits per heavy atom. The summed E-state index contributed by atoms with van der Waals surface area (Å²) < 4.78 is 5.72. The van der Waals surface area contributed by atoms with Crippen molar-refractivity contribution in [2.45, 2.75) is 76.5 Å². The van der Waals surface area contributed by atoms with Gasteiger partial charge in [0.1, 0.15) is 5.76 Å². The van der Waals surface area contributed by atoms with Gasteiger partial charge in [0, 0.05) is 24.2 Å². The monoisotopic (exact) mass is 288 g/mol. The molecule has 2 saturated carbocycles. The van der Waals surface area contributed by atoms with Crippen molar-refractivity contribution in [1.29, 1.82) is 0 Å². The van der Waals surface area contributed by atoms with Crippen molar-refractivity contribution in [2.24, 2.45) is 5.92 Å². The second-order valence-electron chi connectivity index (χ2n) is 7.25.